The van der Waals surface area contributed by atoms with Crippen molar-refractivity contribution in [3.8, 4) is 5.69 Å². The van der Waals surface area contributed by atoms with Gasteiger partial charge in [0.05, 0.1) is 18.3 Å². The van der Waals surface area contributed by atoms with E-state index in [0.717, 1.165) is 0 Å². The Morgan fingerprint density at radius 2 is 1.62 bits per heavy atom. The molecule has 0 aliphatic rings. The SMILES string of the molecule is Cc1c(C(=O)c2ccccc2)c(=O)n(-c2ccccc2)n1C[C@H](O)CNC(C)C. The largest absolute Gasteiger partial charge is 0.390 e. The first-order chi connectivity index (χ1) is 13.9. The molecule has 2 aromatic carbocycles. The van der Waals surface area contributed by atoms with E-state index in [9.17, 15) is 14.7 Å². The van der Waals surface area contributed by atoms with Crippen LogP contribution in [-0.4, -0.2) is 38.9 Å². The van der Waals surface area contributed by atoms with E-state index in [1.807, 2.05) is 50.2 Å². The Morgan fingerprint density at radius 1 is 1.03 bits per heavy atom. The van der Waals surface area contributed by atoms with Crippen molar-refractivity contribution in [2.75, 3.05) is 6.54 Å². The minimum atomic E-state index is -0.711. The quantitative estimate of drug-likeness (QED) is 0.577. The molecule has 3 aromatic rings. The Balaban J connectivity index is 2.09. The Morgan fingerprint density at radius 3 is 2.21 bits per heavy atom. The first-order valence-electron chi connectivity index (χ1n) is 9.79. The molecule has 6 heteroatoms. The molecule has 0 aliphatic heterocycles. The minimum absolute atomic E-state index is 0.129. The average Bonchev–Trinajstić information content (AvgIpc) is 2.96. The van der Waals surface area contributed by atoms with Crippen LogP contribution in [-0.2, 0) is 6.54 Å². The van der Waals surface area contributed by atoms with Gasteiger partial charge in [-0.15, -0.1) is 0 Å². The summed E-state index contributed by atoms with van der Waals surface area (Å²) >= 11 is 0. The Bertz CT molecular complexity index is 1020. The molecule has 3 rings (SSSR count). The Kier molecular flexibility index (Phi) is 6.46. The Hall–Kier alpha value is -2.96. The number of aliphatic hydroxyl groups is 1. The van der Waals surface area contributed by atoms with Crippen LogP contribution in [0.25, 0.3) is 5.69 Å². The van der Waals surface area contributed by atoms with Gasteiger partial charge >= 0.3 is 0 Å². The number of rotatable bonds is 8. The number of para-hydroxylation sites is 1. The summed E-state index contributed by atoms with van der Waals surface area (Å²) in [5, 5.41) is 13.7. The van der Waals surface area contributed by atoms with Gasteiger partial charge in [0, 0.05) is 23.8 Å². The molecule has 0 saturated heterocycles. The number of benzene rings is 2. The molecule has 0 bridgehead atoms. The first kappa shape index (κ1) is 20.8. The summed E-state index contributed by atoms with van der Waals surface area (Å²) in [4.78, 5) is 26.4. The number of carbonyl (C=O) groups is 1. The van der Waals surface area contributed by atoms with Crippen molar-refractivity contribution in [3.63, 3.8) is 0 Å². The van der Waals surface area contributed by atoms with Crippen LogP contribution in [0.3, 0.4) is 0 Å². The van der Waals surface area contributed by atoms with Crippen molar-refractivity contribution in [3.05, 3.63) is 87.8 Å². The highest BCUT2D eigenvalue weighted by Gasteiger charge is 2.25. The molecule has 6 nitrogen and oxygen atoms in total. The van der Waals surface area contributed by atoms with Crippen LogP contribution < -0.4 is 10.9 Å². The van der Waals surface area contributed by atoms with Gasteiger partial charge in [-0.05, 0) is 19.1 Å². The summed E-state index contributed by atoms with van der Waals surface area (Å²) in [6, 6.07) is 18.2. The monoisotopic (exact) mass is 393 g/mol. The summed E-state index contributed by atoms with van der Waals surface area (Å²) in [5.74, 6) is -0.314. The normalized spacial score (nSPS) is 12.3. The standard InChI is InChI=1S/C23H27N3O3/c1-16(2)24-14-20(27)15-25-17(3)21(22(28)18-10-6-4-7-11-18)23(29)26(25)19-12-8-5-9-13-19/h4-13,16,20,24,27H,14-15H2,1-3H3/t20-/m1/s1. The molecule has 0 saturated carbocycles. The minimum Gasteiger partial charge on any atom is -0.390 e. The second-order valence-corrected chi connectivity index (χ2v) is 7.41. The van der Waals surface area contributed by atoms with Crippen molar-refractivity contribution < 1.29 is 9.90 Å². The van der Waals surface area contributed by atoms with Crippen molar-refractivity contribution >= 4 is 5.78 Å². The van der Waals surface area contributed by atoms with Gasteiger partial charge in [-0.25, -0.2) is 4.68 Å². The van der Waals surface area contributed by atoms with Gasteiger partial charge in [0.1, 0.15) is 5.56 Å². The lowest BCUT2D eigenvalue weighted by Crippen LogP contribution is -2.36. The van der Waals surface area contributed by atoms with Gasteiger partial charge in [-0.2, -0.15) is 0 Å². The lowest BCUT2D eigenvalue weighted by molar-refractivity contribution is 0.103. The van der Waals surface area contributed by atoms with E-state index in [-0.39, 0.29) is 29.5 Å². The van der Waals surface area contributed by atoms with Crippen LogP contribution in [0, 0.1) is 6.92 Å². The van der Waals surface area contributed by atoms with E-state index >= 15 is 0 Å². The third-order valence-electron chi connectivity index (χ3n) is 4.81. The number of nitrogens with one attached hydrogen (secondary N) is 1. The maximum atomic E-state index is 13.3. The molecule has 0 amide bonds. The van der Waals surface area contributed by atoms with Crippen LogP contribution in [0.1, 0.15) is 35.5 Å². The molecule has 0 fully saturated rings. The van der Waals surface area contributed by atoms with E-state index < -0.39 is 6.10 Å². The Labute approximate surface area is 170 Å². The summed E-state index contributed by atoms with van der Waals surface area (Å²) in [7, 11) is 0. The fourth-order valence-corrected chi connectivity index (χ4v) is 3.32. The fraction of sp³-hybridized carbons (Fsp3) is 0.304. The van der Waals surface area contributed by atoms with Gasteiger partial charge < -0.3 is 10.4 Å². The first-order valence-corrected chi connectivity index (χ1v) is 9.79. The molecule has 0 aliphatic carbocycles. The van der Waals surface area contributed by atoms with Crippen LogP contribution in [0.2, 0.25) is 0 Å². The maximum absolute atomic E-state index is 13.3. The van der Waals surface area contributed by atoms with E-state index in [1.54, 1.807) is 35.9 Å². The number of hydrogen-bond donors (Lipinski definition) is 2. The second-order valence-electron chi connectivity index (χ2n) is 7.41. The molecule has 0 unspecified atom stereocenters. The molecule has 1 heterocycles. The molecule has 29 heavy (non-hydrogen) atoms. The van der Waals surface area contributed by atoms with Gasteiger partial charge in [0.15, 0.2) is 5.78 Å². The van der Waals surface area contributed by atoms with Crippen molar-refractivity contribution in [2.24, 2.45) is 0 Å². The second kappa shape index (κ2) is 9.03. The maximum Gasteiger partial charge on any atom is 0.282 e. The molecular weight excluding hydrogens is 366 g/mol. The van der Waals surface area contributed by atoms with Crippen LogP contribution >= 0.6 is 0 Å². The summed E-state index contributed by atoms with van der Waals surface area (Å²) < 4.78 is 3.17. The van der Waals surface area contributed by atoms with Crippen LogP contribution in [0.4, 0.5) is 0 Å². The summed E-state index contributed by atoms with van der Waals surface area (Å²) in [5.41, 5.74) is 1.40. The predicted octanol–water partition coefficient (Wildman–Crippen LogP) is 2.54. The van der Waals surface area contributed by atoms with Gasteiger partial charge in [0.2, 0.25) is 0 Å². The number of aliphatic hydroxyl groups excluding tert-OH is 1. The van der Waals surface area contributed by atoms with Gasteiger partial charge in [-0.1, -0.05) is 62.4 Å². The zero-order valence-corrected chi connectivity index (χ0v) is 17.0. The summed E-state index contributed by atoms with van der Waals surface area (Å²) in [6.45, 7) is 6.34. The molecule has 0 radical (unpaired) electrons. The van der Waals surface area contributed by atoms with Crippen LogP contribution in [0.15, 0.2) is 65.5 Å². The van der Waals surface area contributed by atoms with Gasteiger partial charge in [-0.3, -0.25) is 14.3 Å². The number of hydrogen-bond acceptors (Lipinski definition) is 4. The van der Waals surface area contributed by atoms with E-state index in [4.69, 9.17) is 0 Å². The molecule has 0 spiro atoms. The topological polar surface area (TPSA) is 76.3 Å². The molecule has 1 aromatic heterocycles. The van der Waals surface area contributed by atoms with Crippen molar-refractivity contribution in [1.29, 1.82) is 0 Å². The fourth-order valence-electron chi connectivity index (χ4n) is 3.32. The lowest BCUT2D eigenvalue weighted by Gasteiger charge is -2.19. The third-order valence-corrected chi connectivity index (χ3v) is 4.81. The molecule has 1 atom stereocenters. The highest BCUT2D eigenvalue weighted by Crippen LogP contribution is 2.16. The third kappa shape index (κ3) is 4.55. The van der Waals surface area contributed by atoms with Gasteiger partial charge in [0.25, 0.3) is 5.56 Å². The smallest absolute Gasteiger partial charge is 0.282 e. The van der Waals surface area contributed by atoms with E-state index in [0.29, 0.717) is 23.5 Å². The van der Waals surface area contributed by atoms with E-state index in [1.165, 1.54) is 4.68 Å². The summed E-state index contributed by atoms with van der Waals surface area (Å²) in [6.07, 6.45) is -0.711. The highest BCUT2D eigenvalue weighted by molar-refractivity contribution is 6.09. The number of ketones is 1. The molecule has 152 valence electrons. The zero-order chi connectivity index (χ0) is 21.0. The molecule has 2 N–H and O–H groups in total. The van der Waals surface area contributed by atoms with Crippen molar-refractivity contribution in [1.82, 2.24) is 14.7 Å². The number of nitrogens with zero attached hydrogens (tertiary/aromatic N) is 2. The lowest BCUT2D eigenvalue weighted by atomic mass is 10.0. The van der Waals surface area contributed by atoms with E-state index in [2.05, 4.69) is 5.32 Å². The number of aromatic nitrogens is 2. The number of carbonyl (C=O) groups excluding carboxylic acids is 1. The predicted molar refractivity (Wildman–Crippen MR) is 114 cm³/mol. The van der Waals surface area contributed by atoms with Crippen molar-refractivity contribution in [2.45, 2.75) is 39.5 Å². The average molecular weight is 393 g/mol. The van der Waals surface area contributed by atoms with Crippen LogP contribution in [0.5, 0.6) is 0 Å². The highest BCUT2D eigenvalue weighted by atomic mass is 16.3. The molecular formula is C23H27N3O3. The zero-order valence-electron chi connectivity index (χ0n) is 17.0.